The van der Waals surface area contributed by atoms with Gasteiger partial charge in [0.05, 0.1) is 51.3 Å². The van der Waals surface area contributed by atoms with E-state index in [1.807, 2.05) is 48.5 Å². The number of para-hydroxylation sites is 4. The molecule has 6 nitrogen and oxygen atoms in total. The van der Waals surface area contributed by atoms with Gasteiger partial charge in [-0.2, -0.15) is 5.26 Å². The summed E-state index contributed by atoms with van der Waals surface area (Å²) in [5.74, 6) is 0. The number of rotatable bonds is 6. The Morgan fingerprint density at radius 3 is 1.29 bits per heavy atom. The molecule has 0 aliphatic rings. The zero-order valence-corrected chi connectivity index (χ0v) is 33.2. The van der Waals surface area contributed by atoms with Gasteiger partial charge in [0.1, 0.15) is 0 Å². The highest BCUT2D eigenvalue weighted by atomic mass is 15.2. The Labute approximate surface area is 355 Å². The van der Waals surface area contributed by atoms with E-state index in [-0.39, 0.29) is 0 Å². The third kappa shape index (κ3) is 4.72. The molecule has 4 aromatic heterocycles. The average Bonchev–Trinajstić information content (AvgIpc) is 4.05. The van der Waals surface area contributed by atoms with Crippen molar-refractivity contribution >= 4 is 116 Å². The fourth-order valence-electron chi connectivity index (χ4n) is 10.2. The summed E-state index contributed by atoms with van der Waals surface area (Å²) in [4.78, 5) is 8.23. The average molecular weight is 789 g/mol. The first kappa shape index (κ1) is 34.1. The van der Waals surface area contributed by atoms with Crippen molar-refractivity contribution in [1.82, 2.24) is 8.80 Å². The number of nitriles is 1. The fourth-order valence-corrected chi connectivity index (χ4v) is 10.2. The number of fused-ring (bicyclic) bond motifs is 12. The lowest BCUT2D eigenvalue weighted by atomic mass is 10.0. The summed E-state index contributed by atoms with van der Waals surface area (Å²) in [6.07, 6.45) is 0. The molecule has 62 heavy (non-hydrogen) atoms. The van der Waals surface area contributed by atoms with E-state index < -0.39 is 0 Å². The predicted molar refractivity (Wildman–Crippen MR) is 256 cm³/mol. The van der Waals surface area contributed by atoms with Gasteiger partial charge in [0.15, 0.2) is 5.69 Å². The van der Waals surface area contributed by atoms with Crippen LogP contribution in [0.2, 0.25) is 0 Å². The number of nitrogens with zero attached hydrogens (tertiary/aromatic N) is 6. The second-order valence-corrected chi connectivity index (χ2v) is 16.0. The van der Waals surface area contributed by atoms with E-state index in [4.69, 9.17) is 6.57 Å². The van der Waals surface area contributed by atoms with Crippen LogP contribution in [-0.2, 0) is 0 Å². The first-order chi connectivity index (χ1) is 30.7. The van der Waals surface area contributed by atoms with E-state index in [0.29, 0.717) is 11.3 Å². The molecule has 0 saturated heterocycles. The maximum atomic E-state index is 9.84. The maximum absolute atomic E-state index is 9.84. The van der Waals surface area contributed by atoms with Crippen molar-refractivity contribution in [2.75, 3.05) is 9.80 Å². The summed E-state index contributed by atoms with van der Waals surface area (Å²) < 4.78 is 4.93. The van der Waals surface area contributed by atoms with E-state index in [2.05, 4.69) is 175 Å². The van der Waals surface area contributed by atoms with Gasteiger partial charge in [-0.25, -0.2) is 4.85 Å². The molecule has 0 spiro atoms. The van der Waals surface area contributed by atoms with E-state index in [9.17, 15) is 5.26 Å². The summed E-state index contributed by atoms with van der Waals surface area (Å²) >= 11 is 0. The second-order valence-electron chi connectivity index (χ2n) is 16.0. The molecule has 4 heterocycles. The quantitative estimate of drug-likeness (QED) is 0.158. The molecule has 0 atom stereocenters. The van der Waals surface area contributed by atoms with Crippen LogP contribution in [-0.4, -0.2) is 8.80 Å². The molecule has 286 valence electrons. The minimum absolute atomic E-state index is 0.604. The molecule has 0 amide bonds. The van der Waals surface area contributed by atoms with Gasteiger partial charge in [0.2, 0.25) is 0 Å². The lowest BCUT2D eigenvalue weighted by Crippen LogP contribution is -2.10. The second kappa shape index (κ2) is 12.8. The summed E-state index contributed by atoms with van der Waals surface area (Å²) in [6, 6.07) is 70.5. The van der Waals surface area contributed by atoms with Crippen molar-refractivity contribution in [3.8, 4) is 6.07 Å². The lowest BCUT2D eigenvalue weighted by Gasteiger charge is -2.26. The first-order valence-corrected chi connectivity index (χ1v) is 20.7. The van der Waals surface area contributed by atoms with Crippen molar-refractivity contribution in [3.05, 3.63) is 211 Å². The highest BCUT2D eigenvalue weighted by Gasteiger charge is 2.24. The topological polar surface area (TPSA) is 43.5 Å². The van der Waals surface area contributed by atoms with E-state index in [0.717, 1.165) is 45.2 Å². The van der Waals surface area contributed by atoms with Gasteiger partial charge in [-0.1, -0.05) is 103 Å². The number of hydrogen-bond donors (Lipinski definition) is 0. The molecule has 6 heteroatoms. The Kier molecular flexibility index (Phi) is 7.05. The maximum Gasteiger partial charge on any atom is 0.189 e. The van der Waals surface area contributed by atoms with Crippen LogP contribution in [0.1, 0.15) is 5.56 Å². The van der Waals surface area contributed by atoms with Crippen LogP contribution in [0.25, 0.3) is 81.0 Å². The van der Waals surface area contributed by atoms with Crippen LogP contribution in [0.4, 0.5) is 39.8 Å². The smallest absolute Gasteiger partial charge is 0.189 e. The molecule has 0 fully saturated rings. The van der Waals surface area contributed by atoms with Gasteiger partial charge in [-0.15, -0.1) is 0 Å². The Morgan fingerprint density at radius 2 is 0.790 bits per heavy atom. The molecule has 0 radical (unpaired) electrons. The molecular formula is C56H32N6. The van der Waals surface area contributed by atoms with E-state index >= 15 is 0 Å². The van der Waals surface area contributed by atoms with Crippen LogP contribution in [0.5, 0.6) is 0 Å². The molecule has 0 N–H and O–H groups in total. The minimum atomic E-state index is 0.604. The molecule has 0 saturated carbocycles. The number of aromatic nitrogens is 2. The van der Waals surface area contributed by atoms with Gasteiger partial charge < -0.3 is 18.6 Å². The van der Waals surface area contributed by atoms with Crippen molar-refractivity contribution in [2.45, 2.75) is 0 Å². The highest BCUT2D eigenvalue weighted by Crippen LogP contribution is 2.47. The Balaban J connectivity index is 1.07. The van der Waals surface area contributed by atoms with E-state index in [1.165, 1.54) is 65.2 Å². The molecule has 13 rings (SSSR count). The molecule has 0 bridgehead atoms. The monoisotopic (exact) mass is 788 g/mol. The summed E-state index contributed by atoms with van der Waals surface area (Å²) in [5.41, 5.74) is 14.2. The zero-order chi connectivity index (χ0) is 41.1. The van der Waals surface area contributed by atoms with Gasteiger partial charge in [-0.05, 0) is 91.0 Å². The predicted octanol–water partition coefficient (Wildman–Crippen LogP) is 15.3. The van der Waals surface area contributed by atoms with Gasteiger partial charge >= 0.3 is 0 Å². The van der Waals surface area contributed by atoms with Crippen molar-refractivity contribution in [3.63, 3.8) is 0 Å². The van der Waals surface area contributed by atoms with E-state index in [1.54, 1.807) is 0 Å². The Hall–Kier alpha value is -8.84. The SMILES string of the molecule is [C-]#[N+]c1cccc(N(c2ccccc2)c2ccc3c4cccc5c6cc7c(cc6n(c3c2)c45)c2cccc3c4ccc(N(c5ccccc5)c5cccc(C#N)c5)cc4n7c32)c1. The summed E-state index contributed by atoms with van der Waals surface area (Å²) in [5, 5.41) is 19.5. The van der Waals surface area contributed by atoms with Crippen LogP contribution in [0, 0.1) is 17.9 Å². The molecule has 0 aliphatic heterocycles. The van der Waals surface area contributed by atoms with Crippen molar-refractivity contribution in [2.24, 2.45) is 0 Å². The first-order valence-electron chi connectivity index (χ1n) is 20.7. The molecule has 13 aromatic rings. The largest absolute Gasteiger partial charge is 0.312 e. The molecule has 9 aromatic carbocycles. The van der Waals surface area contributed by atoms with Crippen LogP contribution >= 0.6 is 0 Å². The van der Waals surface area contributed by atoms with Crippen LogP contribution in [0.15, 0.2) is 194 Å². The van der Waals surface area contributed by atoms with Gasteiger partial charge in [0.25, 0.3) is 0 Å². The van der Waals surface area contributed by atoms with Crippen molar-refractivity contribution in [1.29, 1.82) is 5.26 Å². The number of anilines is 6. The number of hydrogen-bond acceptors (Lipinski definition) is 3. The minimum Gasteiger partial charge on any atom is -0.312 e. The summed E-state index contributed by atoms with van der Waals surface area (Å²) in [7, 11) is 0. The molecular weight excluding hydrogens is 757 g/mol. The lowest BCUT2D eigenvalue weighted by molar-refractivity contribution is 1.28. The van der Waals surface area contributed by atoms with Crippen LogP contribution < -0.4 is 9.80 Å². The molecule has 0 aliphatic carbocycles. The molecule has 0 unspecified atom stereocenters. The standard InChI is InChI=1S/C56H32N6/c1-58-36-13-9-19-40(29-36)60(38-16-6-3-7-17-38)42-25-27-44-46-21-11-23-48-50-32-53-49(33-54(50)62(56(46)48)52(44)31-42)47-22-10-20-45-43-26-24-41(30-51(43)61(53)55(45)47)59(37-14-4-2-5-15-37)39-18-8-12-35(28-39)34-57/h2-33H. The Morgan fingerprint density at radius 1 is 0.371 bits per heavy atom. The van der Waals surface area contributed by atoms with Crippen LogP contribution in [0.3, 0.4) is 0 Å². The number of benzene rings is 9. The third-order valence-electron chi connectivity index (χ3n) is 12.7. The highest BCUT2D eigenvalue weighted by molar-refractivity contribution is 6.29. The van der Waals surface area contributed by atoms with Crippen molar-refractivity contribution < 1.29 is 0 Å². The third-order valence-corrected chi connectivity index (χ3v) is 12.7. The van der Waals surface area contributed by atoms with Gasteiger partial charge in [-0.3, -0.25) is 0 Å². The zero-order valence-electron chi connectivity index (χ0n) is 33.2. The summed E-state index contributed by atoms with van der Waals surface area (Å²) in [6.45, 7) is 7.74. The fraction of sp³-hybridized carbons (Fsp3) is 0. The van der Waals surface area contributed by atoms with Gasteiger partial charge in [0, 0.05) is 77.2 Å². The Bertz CT molecular complexity index is 3750. The normalized spacial score (nSPS) is 11.8.